The largest absolute Gasteiger partial charge is 0.451 e. The number of alkyl halides is 3. The van der Waals surface area contributed by atoms with Crippen LogP contribution in [0.5, 0.6) is 0 Å². The summed E-state index contributed by atoms with van der Waals surface area (Å²) < 4.78 is 57.5. The third-order valence-corrected chi connectivity index (χ3v) is 5.41. The minimum atomic E-state index is -4.81. The summed E-state index contributed by atoms with van der Waals surface area (Å²) in [7, 11) is 0. The molecule has 14 heteroatoms. The van der Waals surface area contributed by atoms with Crippen LogP contribution in [0.25, 0.3) is 11.0 Å². The van der Waals surface area contributed by atoms with Gasteiger partial charge in [0.25, 0.3) is 5.91 Å². The maximum atomic E-state index is 14.1. The summed E-state index contributed by atoms with van der Waals surface area (Å²) in [6, 6.07) is 6.04. The number of hydrogen-bond acceptors (Lipinski definition) is 8. The first-order valence-corrected chi connectivity index (χ1v) is 10.1. The van der Waals surface area contributed by atoms with Gasteiger partial charge in [0.05, 0.1) is 21.9 Å². The van der Waals surface area contributed by atoms with Crippen LogP contribution in [-0.2, 0) is 6.18 Å². The smallest absolute Gasteiger partial charge is 0.274 e. The molecule has 1 aliphatic carbocycles. The topological polar surface area (TPSA) is 128 Å². The summed E-state index contributed by atoms with van der Waals surface area (Å²) in [6.45, 7) is 0. The summed E-state index contributed by atoms with van der Waals surface area (Å²) in [4.78, 5) is 31.8. The standard InChI is InChI=1S/C21H12F4N6O4/c22-12-3-4-14(13(7-12)10-1-2-10)30(19(32)11-8-26-20(27-9-11)21(23,24)25)15-5-6-16(31(33)34)18-17(15)28-35-29-18/h3-10H,1-2H2. The first-order valence-electron chi connectivity index (χ1n) is 10.1. The molecule has 0 aliphatic heterocycles. The molecule has 35 heavy (non-hydrogen) atoms. The Kier molecular flexibility index (Phi) is 5.15. The molecule has 10 nitrogen and oxygen atoms in total. The Morgan fingerprint density at radius 3 is 2.34 bits per heavy atom. The molecule has 0 spiro atoms. The lowest BCUT2D eigenvalue weighted by Crippen LogP contribution is -2.28. The number of non-ortho nitro benzene ring substituents is 1. The van der Waals surface area contributed by atoms with E-state index in [4.69, 9.17) is 0 Å². The highest BCUT2D eigenvalue weighted by atomic mass is 19.4. The number of halogens is 4. The summed E-state index contributed by atoms with van der Waals surface area (Å²) in [6.07, 6.45) is -1.90. The lowest BCUT2D eigenvalue weighted by molar-refractivity contribution is -0.383. The fourth-order valence-electron chi connectivity index (χ4n) is 3.68. The summed E-state index contributed by atoms with van der Waals surface area (Å²) in [5.41, 5.74) is -0.448. The molecule has 2 aromatic heterocycles. The first-order chi connectivity index (χ1) is 16.6. The van der Waals surface area contributed by atoms with Gasteiger partial charge in [0.1, 0.15) is 5.82 Å². The van der Waals surface area contributed by atoms with Gasteiger partial charge < -0.3 is 0 Å². The zero-order chi connectivity index (χ0) is 24.9. The van der Waals surface area contributed by atoms with E-state index in [0.29, 0.717) is 5.56 Å². The Bertz CT molecular complexity index is 1470. The van der Waals surface area contributed by atoms with Crippen molar-refractivity contribution in [2.75, 3.05) is 4.90 Å². The molecule has 178 valence electrons. The van der Waals surface area contributed by atoms with Crippen LogP contribution in [0.3, 0.4) is 0 Å². The maximum Gasteiger partial charge on any atom is 0.451 e. The van der Waals surface area contributed by atoms with Crippen LogP contribution in [0.4, 0.5) is 34.6 Å². The van der Waals surface area contributed by atoms with Crippen LogP contribution in [0.2, 0.25) is 0 Å². The quantitative estimate of drug-likeness (QED) is 0.220. The number of rotatable bonds is 5. The number of carbonyl (C=O) groups excluding carboxylic acids is 1. The Hall–Kier alpha value is -4.49. The zero-order valence-corrected chi connectivity index (χ0v) is 17.4. The molecule has 1 aliphatic rings. The van der Waals surface area contributed by atoms with Crippen molar-refractivity contribution in [3.8, 4) is 0 Å². The number of nitro benzene ring substituents is 1. The fraction of sp³-hybridized carbons (Fsp3) is 0.190. The van der Waals surface area contributed by atoms with Crippen molar-refractivity contribution in [2.24, 2.45) is 0 Å². The average molecular weight is 488 g/mol. The number of aromatic nitrogens is 4. The van der Waals surface area contributed by atoms with Crippen LogP contribution >= 0.6 is 0 Å². The van der Waals surface area contributed by atoms with Gasteiger partial charge in [0.2, 0.25) is 11.3 Å². The predicted octanol–water partition coefficient (Wildman–Crippen LogP) is 4.93. The van der Waals surface area contributed by atoms with Gasteiger partial charge in [0.15, 0.2) is 5.52 Å². The number of hydrogen-bond donors (Lipinski definition) is 0. The maximum absolute atomic E-state index is 14.1. The van der Waals surface area contributed by atoms with E-state index < -0.39 is 34.3 Å². The van der Waals surface area contributed by atoms with Gasteiger partial charge in [-0.2, -0.15) is 13.2 Å². The van der Waals surface area contributed by atoms with Crippen molar-refractivity contribution in [1.29, 1.82) is 0 Å². The SMILES string of the molecule is O=C(c1cnc(C(F)(F)F)nc1)N(c1ccc(F)cc1C1CC1)c1ccc([N+](=O)[O-])c2nonc12. The third-order valence-electron chi connectivity index (χ3n) is 5.41. The highest BCUT2D eigenvalue weighted by molar-refractivity contribution is 6.15. The zero-order valence-electron chi connectivity index (χ0n) is 17.4. The van der Waals surface area contributed by atoms with E-state index in [1.165, 1.54) is 18.2 Å². The van der Waals surface area contributed by atoms with E-state index in [1.54, 1.807) is 0 Å². The number of nitro groups is 1. The molecule has 1 fully saturated rings. The summed E-state index contributed by atoms with van der Waals surface area (Å²) >= 11 is 0. The molecular formula is C21H12F4N6O4. The van der Waals surface area contributed by atoms with Gasteiger partial charge in [-0.1, -0.05) is 0 Å². The molecule has 0 N–H and O–H groups in total. The molecule has 1 saturated carbocycles. The minimum absolute atomic E-state index is 0.00902. The minimum Gasteiger partial charge on any atom is -0.274 e. The van der Waals surface area contributed by atoms with E-state index in [-0.39, 0.29) is 33.9 Å². The molecule has 0 unspecified atom stereocenters. The van der Waals surface area contributed by atoms with Gasteiger partial charge in [-0.05, 0) is 58.9 Å². The second-order valence-electron chi connectivity index (χ2n) is 7.73. The lowest BCUT2D eigenvalue weighted by Gasteiger charge is -2.25. The second-order valence-corrected chi connectivity index (χ2v) is 7.73. The first kappa shape index (κ1) is 22.3. The molecule has 0 radical (unpaired) electrons. The number of anilines is 2. The Morgan fingerprint density at radius 2 is 1.71 bits per heavy atom. The van der Waals surface area contributed by atoms with Crippen molar-refractivity contribution in [2.45, 2.75) is 24.9 Å². The molecule has 0 bridgehead atoms. The second kappa shape index (κ2) is 8.07. The molecule has 2 heterocycles. The molecule has 0 saturated heterocycles. The number of amides is 1. The van der Waals surface area contributed by atoms with Crippen molar-refractivity contribution in [1.82, 2.24) is 20.3 Å². The average Bonchev–Trinajstić information content (AvgIpc) is 3.55. The molecular weight excluding hydrogens is 476 g/mol. The molecule has 4 aromatic rings. The number of carbonyl (C=O) groups is 1. The predicted molar refractivity (Wildman–Crippen MR) is 110 cm³/mol. The number of benzene rings is 2. The molecule has 5 rings (SSSR count). The normalized spacial score (nSPS) is 13.7. The lowest BCUT2D eigenvalue weighted by atomic mass is 10.0. The summed E-state index contributed by atoms with van der Waals surface area (Å²) in [5, 5.41) is 18.6. The Balaban J connectivity index is 1.71. The highest BCUT2D eigenvalue weighted by Gasteiger charge is 2.36. The highest BCUT2D eigenvalue weighted by Crippen LogP contribution is 2.47. The van der Waals surface area contributed by atoms with E-state index in [1.807, 2.05) is 0 Å². The van der Waals surface area contributed by atoms with E-state index in [0.717, 1.165) is 42.3 Å². The fourth-order valence-corrected chi connectivity index (χ4v) is 3.68. The van der Waals surface area contributed by atoms with Gasteiger partial charge >= 0.3 is 11.9 Å². The van der Waals surface area contributed by atoms with E-state index in [2.05, 4.69) is 24.9 Å². The number of fused-ring (bicyclic) bond motifs is 1. The van der Waals surface area contributed by atoms with Gasteiger partial charge in [-0.3, -0.25) is 19.8 Å². The van der Waals surface area contributed by atoms with Crippen molar-refractivity contribution in [3.63, 3.8) is 0 Å². The van der Waals surface area contributed by atoms with Crippen LogP contribution < -0.4 is 4.90 Å². The van der Waals surface area contributed by atoms with E-state index in [9.17, 15) is 32.5 Å². The van der Waals surface area contributed by atoms with Gasteiger partial charge in [0, 0.05) is 18.5 Å². The molecule has 0 atom stereocenters. The monoisotopic (exact) mass is 488 g/mol. The van der Waals surface area contributed by atoms with Crippen molar-refractivity contribution in [3.05, 3.63) is 75.6 Å². The molecule has 1 amide bonds. The van der Waals surface area contributed by atoms with Crippen LogP contribution in [0, 0.1) is 15.9 Å². The van der Waals surface area contributed by atoms with Crippen LogP contribution in [0.15, 0.2) is 47.4 Å². The number of nitrogens with zero attached hydrogens (tertiary/aromatic N) is 6. The Labute approximate surface area is 192 Å². The van der Waals surface area contributed by atoms with Gasteiger partial charge in [-0.25, -0.2) is 19.0 Å². The van der Waals surface area contributed by atoms with Crippen LogP contribution in [-0.4, -0.2) is 31.1 Å². The van der Waals surface area contributed by atoms with Gasteiger partial charge in [-0.15, -0.1) is 0 Å². The van der Waals surface area contributed by atoms with Crippen molar-refractivity contribution >= 4 is 34.0 Å². The summed E-state index contributed by atoms with van der Waals surface area (Å²) in [5.74, 6) is -2.90. The van der Waals surface area contributed by atoms with Crippen molar-refractivity contribution < 1.29 is 31.9 Å². The molecule has 2 aromatic carbocycles. The Morgan fingerprint density at radius 1 is 1.06 bits per heavy atom. The third kappa shape index (κ3) is 4.02. The van der Waals surface area contributed by atoms with E-state index >= 15 is 0 Å². The van der Waals surface area contributed by atoms with Crippen LogP contribution in [0.1, 0.15) is 40.5 Å².